The number of hydrogen-bond donors (Lipinski definition) is 3. The van der Waals surface area contributed by atoms with Crippen LogP contribution in [-0.2, 0) is 11.2 Å². The number of aromatic nitrogens is 2. The molecule has 1 saturated carbocycles. The van der Waals surface area contributed by atoms with E-state index < -0.39 is 5.82 Å². The van der Waals surface area contributed by atoms with Gasteiger partial charge in [-0.1, -0.05) is 18.2 Å². The Morgan fingerprint density at radius 2 is 2.14 bits per heavy atom. The van der Waals surface area contributed by atoms with Crippen molar-refractivity contribution in [3.8, 4) is 5.75 Å². The maximum Gasteiger partial charge on any atom is 0.228 e. The zero-order chi connectivity index (χ0) is 19.7. The predicted molar refractivity (Wildman–Crippen MR) is 102 cm³/mol. The monoisotopic (exact) mass is 383 g/mol. The van der Waals surface area contributed by atoms with Crippen molar-refractivity contribution in [3.05, 3.63) is 59.7 Å². The van der Waals surface area contributed by atoms with Crippen LogP contribution in [0, 0.1) is 11.7 Å². The van der Waals surface area contributed by atoms with Crippen LogP contribution in [0.5, 0.6) is 5.75 Å². The Hall–Kier alpha value is -2.93. The summed E-state index contributed by atoms with van der Waals surface area (Å²) in [6, 6.07) is 11.9. The number of benzene rings is 2. The van der Waals surface area contributed by atoms with Crippen LogP contribution in [0.3, 0.4) is 0 Å². The van der Waals surface area contributed by atoms with E-state index in [1.54, 1.807) is 12.1 Å². The van der Waals surface area contributed by atoms with Crippen LogP contribution in [0.4, 0.5) is 4.39 Å². The molecule has 4 rings (SSSR count). The molecule has 1 fully saturated rings. The summed E-state index contributed by atoms with van der Waals surface area (Å²) in [5.41, 5.74) is 2.34. The van der Waals surface area contributed by atoms with Gasteiger partial charge in [-0.05, 0) is 48.6 Å². The zero-order valence-corrected chi connectivity index (χ0v) is 15.5. The molecule has 1 aliphatic rings. The van der Waals surface area contributed by atoms with E-state index in [-0.39, 0.29) is 36.1 Å². The average Bonchev–Trinajstić information content (AvgIpc) is 3.06. The van der Waals surface area contributed by atoms with Crippen molar-refractivity contribution in [3.63, 3.8) is 0 Å². The minimum absolute atomic E-state index is 0.0578. The minimum atomic E-state index is -0.476. The fourth-order valence-electron chi connectivity index (χ4n) is 3.72. The van der Waals surface area contributed by atoms with Gasteiger partial charge in [-0.3, -0.25) is 4.79 Å². The third-order valence-electron chi connectivity index (χ3n) is 5.24. The summed E-state index contributed by atoms with van der Waals surface area (Å²) in [5.74, 6) is 0.109. The van der Waals surface area contributed by atoms with E-state index in [0.717, 1.165) is 11.0 Å². The fourth-order valence-corrected chi connectivity index (χ4v) is 3.72. The first kappa shape index (κ1) is 18.4. The third-order valence-corrected chi connectivity index (χ3v) is 5.24. The molecule has 0 radical (unpaired) electrons. The number of aromatic amines is 1. The Kier molecular flexibility index (Phi) is 5.00. The summed E-state index contributed by atoms with van der Waals surface area (Å²) in [5, 5.41) is 12.7. The predicted octanol–water partition coefficient (Wildman–Crippen LogP) is 2.88. The number of rotatable bonds is 6. The van der Waals surface area contributed by atoms with Gasteiger partial charge >= 0.3 is 0 Å². The Labute approximate surface area is 161 Å². The molecule has 28 heavy (non-hydrogen) atoms. The summed E-state index contributed by atoms with van der Waals surface area (Å²) in [6.07, 6.45) is 0.869. The maximum atomic E-state index is 14.2. The largest absolute Gasteiger partial charge is 0.494 e. The molecule has 1 amide bonds. The van der Waals surface area contributed by atoms with Gasteiger partial charge in [0.1, 0.15) is 5.82 Å². The molecule has 1 aliphatic carbocycles. The number of aliphatic hydroxyl groups excluding tert-OH is 1. The van der Waals surface area contributed by atoms with Gasteiger partial charge in [0.2, 0.25) is 5.91 Å². The molecule has 1 unspecified atom stereocenters. The molecular formula is C21H22FN3O3. The van der Waals surface area contributed by atoms with Gasteiger partial charge in [-0.25, -0.2) is 9.37 Å². The summed E-state index contributed by atoms with van der Waals surface area (Å²) in [7, 11) is 1.41. The summed E-state index contributed by atoms with van der Waals surface area (Å²) in [6.45, 7) is 0. The highest BCUT2D eigenvalue weighted by molar-refractivity contribution is 5.80. The first-order valence-electron chi connectivity index (χ1n) is 9.28. The van der Waals surface area contributed by atoms with Crippen LogP contribution in [0.25, 0.3) is 11.0 Å². The van der Waals surface area contributed by atoms with E-state index in [4.69, 9.17) is 4.74 Å². The van der Waals surface area contributed by atoms with Crippen LogP contribution in [0.15, 0.2) is 42.5 Å². The van der Waals surface area contributed by atoms with Gasteiger partial charge in [0, 0.05) is 0 Å². The van der Waals surface area contributed by atoms with Crippen LogP contribution in [-0.4, -0.2) is 34.2 Å². The fraction of sp³-hybridized carbons (Fsp3) is 0.333. The van der Waals surface area contributed by atoms with Crippen molar-refractivity contribution in [2.75, 3.05) is 7.11 Å². The second kappa shape index (κ2) is 7.59. The molecule has 2 aromatic carbocycles. The number of amides is 1. The Bertz CT molecular complexity index is 964. The lowest BCUT2D eigenvalue weighted by Crippen LogP contribution is -2.42. The highest BCUT2D eigenvalue weighted by Crippen LogP contribution is 2.39. The van der Waals surface area contributed by atoms with Crippen LogP contribution in [0.1, 0.15) is 30.3 Å². The Morgan fingerprint density at radius 3 is 2.82 bits per heavy atom. The number of methoxy groups -OCH3 is 1. The summed E-state index contributed by atoms with van der Waals surface area (Å²) >= 11 is 0. The number of aliphatic hydroxyl groups is 1. The Morgan fingerprint density at radius 1 is 1.36 bits per heavy atom. The van der Waals surface area contributed by atoms with E-state index in [2.05, 4.69) is 15.3 Å². The standard InChI is InChI=1S/C21H22FN3O3/c1-28-18-7-6-12(10-15(18)22)21(13-8-14(26)9-13)25-20(27)11-19-23-16-4-2-3-5-17(16)24-19/h2-7,10,13-14,21,26H,8-9,11H2,1H3,(H,23,24)(H,25,27). The van der Waals surface area contributed by atoms with Gasteiger partial charge in [-0.2, -0.15) is 0 Å². The normalized spacial score (nSPS) is 19.8. The molecule has 6 nitrogen and oxygen atoms in total. The van der Waals surface area contributed by atoms with Crippen LogP contribution >= 0.6 is 0 Å². The number of imidazole rings is 1. The number of H-pyrrole nitrogens is 1. The lowest BCUT2D eigenvalue weighted by Gasteiger charge is -2.38. The van der Waals surface area contributed by atoms with Crippen molar-refractivity contribution < 1.29 is 19.0 Å². The van der Waals surface area contributed by atoms with Crippen molar-refractivity contribution in [2.24, 2.45) is 5.92 Å². The molecule has 1 heterocycles. The topological polar surface area (TPSA) is 87.2 Å². The van der Waals surface area contributed by atoms with E-state index in [1.807, 2.05) is 24.3 Å². The lowest BCUT2D eigenvalue weighted by atomic mass is 9.75. The van der Waals surface area contributed by atoms with Crippen molar-refractivity contribution >= 4 is 16.9 Å². The van der Waals surface area contributed by atoms with Crippen molar-refractivity contribution in [2.45, 2.75) is 31.4 Å². The number of carbonyl (C=O) groups is 1. The molecule has 0 saturated heterocycles. The highest BCUT2D eigenvalue weighted by atomic mass is 19.1. The molecule has 0 aliphatic heterocycles. The number of nitrogens with one attached hydrogen (secondary N) is 2. The number of fused-ring (bicyclic) bond motifs is 1. The zero-order valence-electron chi connectivity index (χ0n) is 15.5. The van der Waals surface area contributed by atoms with Gasteiger partial charge in [0.25, 0.3) is 0 Å². The second-order valence-electron chi connectivity index (χ2n) is 7.20. The van der Waals surface area contributed by atoms with E-state index in [1.165, 1.54) is 13.2 Å². The number of halogens is 1. The summed E-state index contributed by atoms with van der Waals surface area (Å²) < 4.78 is 19.1. The van der Waals surface area contributed by atoms with Gasteiger partial charge < -0.3 is 20.1 Å². The molecule has 1 aromatic heterocycles. The molecule has 0 bridgehead atoms. The van der Waals surface area contributed by atoms with Crippen molar-refractivity contribution in [1.82, 2.24) is 15.3 Å². The molecular weight excluding hydrogens is 361 g/mol. The first-order valence-corrected chi connectivity index (χ1v) is 9.28. The third kappa shape index (κ3) is 3.71. The lowest BCUT2D eigenvalue weighted by molar-refractivity contribution is -0.122. The smallest absolute Gasteiger partial charge is 0.228 e. The average molecular weight is 383 g/mol. The number of hydrogen-bond acceptors (Lipinski definition) is 4. The quantitative estimate of drug-likeness (QED) is 0.611. The molecule has 1 atom stereocenters. The van der Waals surface area contributed by atoms with Gasteiger partial charge in [0.05, 0.1) is 36.7 Å². The SMILES string of the molecule is COc1ccc(C(NC(=O)Cc2nc3ccccc3[nH]2)C2CC(O)C2)cc1F. The molecule has 7 heteroatoms. The molecule has 0 spiro atoms. The van der Waals surface area contributed by atoms with Crippen LogP contribution in [0.2, 0.25) is 0 Å². The number of ether oxygens (including phenoxy) is 1. The van der Waals surface area contributed by atoms with E-state index in [0.29, 0.717) is 24.2 Å². The summed E-state index contributed by atoms with van der Waals surface area (Å²) in [4.78, 5) is 20.2. The number of carbonyl (C=O) groups excluding carboxylic acids is 1. The van der Waals surface area contributed by atoms with Crippen molar-refractivity contribution in [1.29, 1.82) is 0 Å². The van der Waals surface area contributed by atoms with E-state index in [9.17, 15) is 14.3 Å². The molecule has 3 aromatic rings. The first-order chi connectivity index (χ1) is 13.5. The number of para-hydroxylation sites is 2. The molecule has 3 N–H and O–H groups in total. The van der Waals surface area contributed by atoms with Gasteiger partial charge in [-0.15, -0.1) is 0 Å². The highest BCUT2D eigenvalue weighted by Gasteiger charge is 2.36. The van der Waals surface area contributed by atoms with E-state index >= 15 is 0 Å². The van der Waals surface area contributed by atoms with Gasteiger partial charge in [0.15, 0.2) is 11.6 Å². The maximum absolute atomic E-state index is 14.2. The molecule has 146 valence electrons. The van der Waals surface area contributed by atoms with Crippen LogP contribution < -0.4 is 10.1 Å². The Balaban J connectivity index is 1.51. The minimum Gasteiger partial charge on any atom is -0.494 e. The second-order valence-corrected chi connectivity index (χ2v) is 7.20. The number of nitrogens with zero attached hydrogens (tertiary/aromatic N) is 1.